The number of nitro groups is 1. The Morgan fingerprint density at radius 1 is 1.18 bits per heavy atom. The van der Waals surface area contributed by atoms with E-state index >= 15 is 0 Å². The molecule has 0 N–H and O–H groups in total. The smallest absolute Gasteiger partial charge is 0.326 e. The molecule has 28 heavy (non-hydrogen) atoms. The van der Waals surface area contributed by atoms with Crippen molar-refractivity contribution in [1.29, 1.82) is 0 Å². The van der Waals surface area contributed by atoms with Crippen molar-refractivity contribution in [3.63, 3.8) is 0 Å². The summed E-state index contributed by atoms with van der Waals surface area (Å²) in [5, 5.41) is 11.3. The van der Waals surface area contributed by atoms with Gasteiger partial charge in [0.2, 0.25) is 0 Å². The molecule has 10 nitrogen and oxygen atoms in total. The van der Waals surface area contributed by atoms with Crippen LogP contribution in [0.25, 0.3) is 0 Å². The van der Waals surface area contributed by atoms with Gasteiger partial charge in [0.05, 0.1) is 17.7 Å². The second kappa shape index (κ2) is 7.72. The van der Waals surface area contributed by atoms with Gasteiger partial charge in [-0.2, -0.15) is 0 Å². The first-order chi connectivity index (χ1) is 13.3. The number of methoxy groups -OCH3 is 1. The van der Waals surface area contributed by atoms with Gasteiger partial charge in [-0.15, -0.1) is 0 Å². The number of anilines is 1. The molecular weight excluding hydrogens is 392 g/mol. The molecule has 2 aromatic carbocycles. The Hall–Kier alpha value is -3.34. The number of nitro benzene ring substituents is 1. The molecule has 3 rings (SSSR count). The minimum absolute atomic E-state index is 0.0767. The predicted octanol–water partition coefficient (Wildman–Crippen LogP) is 1.73. The van der Waals surface area contributed by atoms with E-state index in [2.05, 4.69) is 4.74 Å². The summed E-state index contributed by atoms with van der Waals surface area (Å²) in [6, 6.07) is 9.21. The van der Waals surface area contributed by atoms with E-state index in [1.165, 1.54) is 30.3 Å². The third-order valence-corrected chi connectivity index (χ3v) is 5.77. The van der Waals surface area contributed by atoms with Crippen LogP contribution in [0.2, 0.25) is 0 Å². The van der Waals surface area contributed by atoms with Gasteiger partial charge in [-0.25, -0.2) is 8.42 Å². The van der Waals surface area contributed by atoms with Crippen LogP contribution in [0.4, 0.5) is 11.4 Å². The number of sulfonamides is 1. The molecule has 11 heteroatoms. The van der Waals surface area contributed by atoms with Crippen LogP contribution in [-0.4, -0.2) is 46.2 Å². The van der Waals surface area contributed by atoms with Crippen LogP contribution in [0.1, 0.15) is 0 Å². The molecule has 0 fully saturated rings. The molecule has 1 aliphatic rings. The zero-order chi connectivity index (χ0) is 20.3. The number of carbonyl (C=O) groups excluding carboxylic acids is 1. The molecule has 0 amide bonds. The Bertz CT molecular complexity index is 1020. The summed E-state index contributed by atoms with van der Waals surface area (Å²) in [5.74, 6) is -0.107. The van der Waals surface area contributed by atoms with Gasteiger partial charge in [-0.05, 0) is 18.2 Å². The number of benzene rings is 2. The summed E-state index contributed by atoms with van der Waals surface area (Å²) in [7, 11) is -3.35. The topological polar surface area (TPSA) is 125 Å². The highest BCUT2D eigenvalue weighted by atomic mass is 32.2. The van der Waals surface area contributed by atoms with Gasteiger partial charge in [0.15, 0.2) is 16.4 Å². The standard InChI is InChI=1S/C17H16N2O8S/c1-25-17(20)11-18(12-6-7-14-15(10-12)27-9-8-26-14)28(23,24)16-5-3-2-4-13(16)19(21)22/h2-7,10H,8-9,11H2,1H3. The number of ether oxygens (including phenoxy) is 3. The van der Waals surface area contributed by atoms with Crippen molar-refractivity contribution in [2.45, 2.75) is 4.90 Å². The summed E-state index contributed by atoms with van der Waals surface area (Å²) in [6.07, 6.45) is 0. The lowest BCUT2D eigenvalue weighted by molar-refractivity contribution is -0.387. The summed E-state index contributed by atoms with van der Waals surface area (Å²) in [5.41, 5.74) is -0.525. The molecule has 148 valence electrons. The highest BCUT2D eigenvalue weighted by molar-refractivity contribution is 7.93. The third-order valence-electron chi connectivity index (χ3n) is 3.94. The molecule has 1 heterocycles. The molecule has 2 aromatic rings. The lowest BCUT2D eigenvalue weighted by Crippen LogP contribution is -2.36. The Balaban J connectivity index is 2.13. The largest absolute Gasteiger partial charge is 0.486 e. The average Bonchev–Trinajstić information content (AvgIpc) is 2.71. The zero-order valence-corrected chi connectivity index (χ0v) is 15.5. The quantitative estimate of drug-likeness (QED) is 0.402. The molecule has 1 aliphatic heterocycles. The maximum atomic E-state index is 13.2. The van der Waals surface area contributed by atoms with E-state index in [0.29, 0.717) is 18.1 Å². The highest BCUT2D eigenvalue weighted by Gasteiger charge is 2.34. The molecule has 0 spiro atoms. The summed E-state index contributed by atoms with van der Waals surface area (Å²) in [4.78, 5) is 21.8. The minimum atomic E-state index is -4.47. The Labute approximate surface area is 160 Å². The molecule has 0 aliphatic carbocycles. The Morgan fingerprint density at radius 2 is 1.86 bits per heavy atom. The van der Waals surface area contributed by atoms with Crippen LogP contribution in [0.5, 0.6) is 11.5 Å². The minimum Gasteiger partial charge on any atom is -0.486 e. The number of hydrogen-bond donors (Lipinski definition) is 0. The average molecular weight is 408 g/mol. The number of nitrogens with zero attached hydrogens (tertiary/aromatic N) is 2. The second-order valence-electron chi connectivity index (χ2n) is 5.64. The van der Waals surface area contributed by atoms with E-state index in [1.807, 2.05) is 0 Å². The van der Waals surface area contributed by atoms with Gasteiger partial charge in [-0.3, -0.25) is 19.2 Å². The van der Waals surface area contributed by atoms with Crippen molar-refractivity contribution < 1.29 is 32.3 Å². The van der Waals surface area contributed by atoms with E-state index < -0.39 is 38.0 Å². The molecule has 0 unspecified atom stereocenters. The van der Waals surface area contributed by atoms with Crippen molar-refractivity contribution >= 4 is 27.4 Å². The predicted molar refractivity (Wildman–Crippen MR) is 97.1 cm³/mol. The maximum Gasteiger partial charge on any atom is 0.326 e. The van der Waals surface area contributed by atoms with Crippen LogP contribution in [-0.2, 0) is 19.6 Å². The van der Waals surface area contributed by atoms with Crippen molar-refractivity contribution in [3.05, 3.63) is 52.6 Å². The fourth-order valence-electron chi connectivity index (χ4n) is 2.63. The molecule has 0 atom stereocenters. The fourth-order valence-corrected chi connectivity index (χ4v) is 4.19. The first-order valence-corrected chi connectivity index (χ1v) is 9.51. The Morgan fingerprint density at radius 3 is 2.54 bits per heavy atom. The monoisotopic (exact) mass is 408 g/mol. The van der Waals surface area contributed by atoms with Crippen LogP contribution in [0, 0.1) is 10.1 Å². The van der Waals surface area contributed by atoms with Crippen molar-refractivity contribution in [3.8, 4) is 11.5 Å². The van der Waals surface area contributed by atoms with E-state index in [-0.39, 0.29) is 12.3 Å². The van der Waals surface area contributed by atoms with Gasteiger partial charge in [-0.1, -0.05) is 12.1 Å². The summed E-state index contributed by atoms with van der Waals surface area (Å²) >= 11 is 0. The molecule has 0 aromatic heterocycles. The van der Waals surface area contributed by atoms with E-state index in [9.17, 15) is 23.3 Å². The van der Waals surface area contributed by atoms with Gasteiger partial charge in [0.1, 0.15) is 19.8 Å². The van der Waals surface area contributed by atoms with Crippen LogP contribution in [0.15, 0.2) is 47.4 Å². The third kappa shape index (κ3) is 3.69. The van der Waals surface area contributed by atoms with Crippen LogP contribution < -0.4 is 13.8 Å². The van der Waals surface area contributed by atoms with Gasteiger partial charge in [0.25, 0.3) is 15.7 Å². The summed E-state index contributed by atoms with van der Waals surface area (Å²) < 4.78 is 42.6. The van der Waals surface area contributed by atoms with E-state index in [0.717, 1.165) is 23.5 Å². The number of carbonyl (C=O) groups is 1. The molecule has 0 radical (unpaired) electrons. The van der Waals surface area contributed by atoms with Crippen molar-refractivity contribution in [2.24, 2.45) is 0 Å². The lowest BCUT2D eigenvalue weighted by atomic mass is 10.2. The Kier molecular flexibility index (Phi) is 5.36. The first kappa shape index (κ1) is 19.4. The number of rotatable bonds is 6. The van der Waals surface area contributed by atoms with Gasteiger partial charge in [0, 0.05) is 12.1 Å². The number of fused-ring (bicyclic) bond motifs is 1. The normalized spacial score (nSPS) is 12.9. The molecule has 0 saturated heterocycles. The highest BCUT2D eigenvalue weighted by Crippen LogP contribution is 2.36. The molecular formula is C17H16N2O8S. The van der Waals surface area contributed by atoms with Crippen LogP contribution in [0.3, 0.4) is 0 Å². The summed E-state index contributed by atoms with van der Waals surface area (Å²) in [6.45, 7) is -0.0401. The fraction of sp³-hybridized carbons (Fsp3) is 0.235. The lowest BCUT2D eigenvalue weighted by Gasteiger charge is -2.25. The SMILES string of the molecule is COC(=O)CN(c1ccc2c(c1)OCCO2)S(=O)(=O)c1ccccc1[N+](=O)[O-]. The van der Waals surface area contributed by atoms with Crippen molar-refractivity contribution in [1.82, 2.24) is 0 Å². The van der Waals surface area contributed by atoms with Gasteiger partial charge >= 0.3 is 5.97 Å². The van der Waals surface area contributed by atoms with E-state index in [1.54, 1.807) is 0 Å². The van der Waals surface area contributed by atoms with Gasteiger partial charge < -0.3 is 14.2 Å². The number of esters is 1. The zero-order valence-electron chi connectivity index (χ0n) is 14.7. The van der Waals surface area contributed by atoms with Crippen LogP contribution >= 0.6 is 0 Å². The molecule has 0 saturated carbocycles. The number of para-hydroxylation sites is 1. The maximum absolute atomic E-state index is 13.2. The van der Waals surface area contributed by atoms with Crippen molar-refractivity contribution in [2.75, 3.05) is 31.2 Å². The molecule has 0 bridgehead atoms. The number of hydrogen-bond acceptors (Lipinski definition) is 8. The first-order valence-electron chi connectivity index (χ1n) is 8.07. The second-order valence-corrected chi connectivity index (χ2v) is 7.47. The van der Waals surface area contributed by atoms with E-state index in [4.69, 9.17) is 9.47 Å².